The molecule has 0 aliphatic heterocycles. The van der Waals surface area contributed by atoms with E-state index in [1.54, 1.807) is 25.1 Å². The SMILES string of the molecule is CCOc1cccc(CCl)c1OCOCC(F)(F)F. The Morgan fingerprint density at radius 2 is 1.95 bits per heavy atom. The maximum atomic E-state index is 11.9. The topological polar surface area (TPSA) is 27.7 Å². The summed E-state index contributed by atoms with van der Waals surface area (Å²) < 4.78 is 50.6. The lowest BCUT2D eigenvalue weighted by Crippen LogP contribution is -2.19. The minimum atomic E-state index is -4.38. The smallest absolute Gasteiger partial charge is 0.411 e. The lowest BCUT2D eigenvalue weighted by molar-refractivity contribution is -0.186. The molecule has 0 aromatic heterocycles. The van der Waals surface area contributed by atoms with Gasteiger partial charge in [-0.05, 0) is 13.0 Å². The number of ether oxygens (including phenoxy) is 3. The summed E-state index contributed by atoms with van der Waals surface area (Å²) in [6.07, 6.45) is -4.38. The molecular weight excluding hydrogens is 285 g/mol. The molecule has 0 aliphatic rings. The molecule has 1 rings (SSSR count). The van der Waals surface area contributed by atoms with E-state index in [0.29, 0.717) is 23.7 Å². The predicted molar refractivity (Wildman–Crippen MR) is 64.7 cm³/mol. The molecule has 0 amide bonds. The van der Waals surface area contributed by atoms with Crippen LogP contribution in [0.15, 0.2) is 18.2 Å². The minimum Gasteiger partial charge on any atom is -0.490 e. The van der Waals surface area contributed by atoms with Crippen molar-refractivity contribution in [3.63, 3.8) is 0 Å². The van der Waals surface area contributed by atoms with Crippen molar-refractivity contribution in [2.75, 3.05) is 20.0 Å². The Bertz CT molecular complexity index is 396. The van der Waals surface area contributed by atoms with Gasteiger partial charge in [0.25, 0.3) is 0 Å². The van der Waals surface area contributed by atoms with Gasteiger partial charge in [0.15, 0.2) is 18.3 Å². The van der Waals surface area contributed by atoms with Gasteiger partial charge in [-0.2, -0.15) is 13.2 Å². The van der Waals surface area contributed by atoms with Crippen molar-refractivity contribution in [2.24, 2.45) is 0 Å². The van der Waals surface area contributed by atoms with Crippen molar-refractivity contribution >= 4 is 11.6 Å². The van der Waals surface area contributed by atoms with Crippen LogP contribution in [0.1, 0.15) is 12.5 Å². The van der Waals surface area contributed by atoms with Crippen molar-refractivity contribution in [3.05, 3.63) is 23.8 Å². The highest BCUT2D eigenvalue weighted by atomic mass is 35.5. The highest BCUT2D eigenvalue weighted by Gasteiger charge is 2.27. The fourth-order valence-corrected chi connectivity index (χ4v) is 1.57. The van der Waals surface area contributed by atoms with E-state index in [1.165, 1.54) is 0 Å². The quantitative estimate of drug-likeness (QED) is 0.436. The van der Waals surface area contributed by atoms with Gasteiger partial charge >= 0.3 is 6.18 Å². The first kappa shape index (κ1) is 15.9. The van der Waals surface area contributed by atoms with Crippen LogP contribution in [0.25, 0.3) is 0 Å². The number of alkyl halides is 4. The van der Waals surface area contributed by atoms with Crippen molar-refractivity contribution in [1.82, 2.24) is 0 Å². The summed E-state index contributed by atoms with van der Waals surface area (Å²) in [5, 5.41) is 0. The van der Waals surface area contributed by atoms with E-state index in [0.717, 1.165) is 0 Å². The van der Waals surface area contributed by atoms with Crippen LogP contribution in [0.4, 0.5) is 13.2 Å². The Balaban J connectivity index is 2.64. The van der Waals surface area contributed by atoms with E-state index in [2.05, 4.69) is 4.74 Å². The lowest BCUT2D eigenvalue weighted by atomic mass is 10.2. The summed E-state index contributed by atoms with van der Waals surface area (Å²) >= 11 is 5.73. The molecule has 0 atom stereocenters. The average molecular weight is 299 g/mol. The predicted octanol–water partition coefficient (Wildman–Crippen LogP) is 3.74. The number of hydrogen-bond donors (Lipinski definition) is 0. The van der Waals surface area contributed by atoms with Gasteiger partial charge in [0.05, 0.1) is 12.5 Å². The molecule has 0 radical (unpaired) electrons. The molecule has 0 fully saturated rings. The van der Waals surface area contributed by atoms with Crippen LogP contribution >= 0.6 is 11.6 Å². The Morgan fingerprint density at radius 3 is 2.53 bits per heavy atom. The maximum Gasteiger partial charge on any atom is 0.411 e. The summed E-state index contributed by atoms with van der Waals surface area (Å²) in [6.45, 7) is 0.316. The fraction of sp³-hybridized carbons (Fsp3) is 0.500. The molecule has 0 heterocycles. The highest BCUT2D eigenvalue weighted by molar-refractivity contribution is 6.17. The van der Waals surface area contributed by atoms with E-state index in [9.17, 15) is 13.2 Å². The lowest BCUT2D eigenvalue weighted by Gasteiger charge is -2.15. The third kappa shape index (κ3) is 5.57. The molecule has 3 nitrogen and oxygen atoms in total. The summed E-state index contributed by atoms with van der Waals surface area (Å²) in [5.74, 6) is 0.896. The summed E-state index contributed by atoms with van der Waals surface area (Å²) in [6, 6.07) is 5.08. The number of rotatable bonds is 7. The molecule has 0 N–H and O–H groups in total. The molecule has 7 heteroatoms. The van der Waals surface area contributed by atoms with Gasteiger partial charge in [0.1, 0.15) is 6.61 Å². The second-order valence-corrected chi connectivity index (χ2v) is 3.80. The van der Waals surface area contributed by atoms with Crippen LogP contribution in [0, 0.1) is 0 Å². The largest absolute Gasteiger partial charge is 0.490 e. The fourth-order valence-electron chi connectivity index (χ4n) is 1.36. The van der Waals surface area contributed by atoms with Gasteiger partial charge < -0.3 is 14.2 Å². The Kier molecular flexibility index (Phi) is 6.24. The van der Waals surface area contributed by atoms with Crippen LogP contribution in [-0.2, 0) is 10.6 Å². The maximum absolute atomic E-state index is 11.9. The molecule has 1 aromatic carbocycles. The van der Waals surface area contributed by atoms with Crippen molar-refractivity contribution < 1.29 is 27.4 Å². The Hall–Kier alpha value is -1.14. The van der Waals surface area contributed by atoms with Gasteiger partial charge in [0.2, 0.25) is 0 Å². The van der Waals surface area contributed by atoms with Crippen molar-refractivity contribution in [2.45, 2.75) is 19.0 Å². The monoisotopic (exact) mass is 298 g/mol. The van der Waals surface area contributed by atoms with E-state index >= 15 is 0 Å². The molecule has 0 bridgehead atoms. The van der Waals surface area contributed by atoms with Gasteiger partial charge in [-0.1, -0.05) is 12.1 Å². The molecular formula is C12H14ClF3O3. The van der Waals surface area contributed by atoms with E-state index in [4.69, 9.17) is 21.1 Å². The highest BCUT2D eigenvalue weighted by Crippen LogP contribution is 2.32. The van der Waals surface area contributed by atoms with E-state index in [-0.39, 0.29) is 5.88 Å². The molecule has 0 saturated heterocycles. The number of para-hydroxylation sites is 1. The van der Waals surface area contributed by atoms with Gasteiger partial charge in [-0.15, -0.1) is 11.6 Å². The third-order valence-electron chi connectivity index (χ3n) is 2.06. The van der Waals surface area contributed by atoms with Crippen LogP contribution in [0.5, 0.6) is 11.5 Å². The molecule has 0 saturated carbocycles. The normalized spacial score (nSPS) is 11.4. The first-order chi connectivity index (χ1) is 8.98. The molecule has 1 aromatic rings. The van der Waals surface area contributed by atoms with Crippen LogP contribution in [0.2, 0.25) is 0 Å². The number of benzene rings is 1. The van der Waals surface area contributed by atoms with E-state index < -0.39 is 19.6 Å². The van der Waals surface area contributed by atoms with Crippen molar-refractivity contribution in [1.29, 1.82) is 0 Å². The third-order valence-corrected chi connectivity index (χ3v) is 2.34. The Morgan fingerprint density at radius 1 is 1.21 bits per heavy atom. The van der Waals surface area contributed by atoms with Gasteiger partial charge in [-0.25, -0.2) is 0 Å². The van der Waals surface area contributed by atoms with Crippen LogP contribution in [-0.4, -0.2) is 26.2 Å². The second kappa shape index (κ2) is 7.45. The Labute approximate surface area is 114 Å². The first-order valence-electron chi connectivity index (χ1n) is 5.56. The molecule has 0 spiro atoms. The van der Waals surface area contributed by atoms with Gasteiger partial charge in [0, 0.05) is 5.56 Å². The summed E-state index contributed by atoms with van der Waals surface area (Å²) in [4.78, 5) is 0. The first-order valence-corrected chi connectivity index (χ1v) is 6.09. The van der Waals surface area contributed by atoms with Crippen LogP contribution < -0.4 is 9.47 Å². The second-order valence-electron chi connectivity index (χ2n) is 3.54. The zero-order chi connectivity index (χ0) is 14.3. The summed E-state index contributed by atoms with van der Waals surface area (Å²) in [7, 11) is 0. The van der Waals surface area contributed by atoms with Crippen LogP contribution in [0.3, 0.4) is 0 Å². The average Bonchev–Trinajstić information content (AvgIpc) is 2.35. The molecule has 108 valence electrons. The standard InChI is InChI=1S/C12H14ClF3O3/c1-2-18-10-5-3-4-9(6-13)11(10)19-8-17-7-12(14,15)16/h3-5H,2,6-8H2,1H3. The summed E-state index contributed by atoms with van der Waals surface area (Å²) in [5.41, 5.74) is 0.628. The number of hydrogen-bond acceptors (Lipinski definition) is 3. The number of halogens is 4. The zero-order valence-corrected chi connectivity index (χ0v) is 11.1. The zero-order valence-electron chi connectivity index (χ0n) is 10.3. The van der Waals surface area contributed by atoms with E-state index in [1.807, 2.05) is 0 Å². The molecule has 19 heavy (non-hydrogen) atoms. The molecule has 0 unspecified atom stereocenters. The minimum absolute atomic E-state index is 0.162. The van der Waals surface area contributed by atoms with Gasteiger partial charge in [-0.3, -0.25) is 0 Å². The molecule has 0 aliphatic carbocycles. The van der Waals surface area contributed by atoms with Crippen molar-refractivity contribution in [3.8, 4) is 11.5 Å².